The number of aliphatic hydroxyl groups excluding tert-OH is 22. The number of aliphatic hydroxyl groups is 22. The van der Waals surface area contributed by atoms with E-state index in [-0.39, 0.29) is 6.42 Å². The molecule has 0 aromatic rings. The minimum Gasteiger partial charge on any atom is -0.544 e. The maximum Gasteiger partial charge on any atom is 0.217 e. The summed E-state index contributed by atoms with van der Waals surface area (Å²) >= 11 is 0. The first kappa shape index (κ1) is 103. The van der Waals surface area contributed by atoms with Crippen LogP contribution in [0, 0.1) is 0 Å². The quantitative estimate of drug-likeness (QED) is 0.0199. The van der Waals surface area contributed by atoms with Crippen molar-refractivity contribution >= 4 is 36.1 Å². The van der Waals surface area contributed by atoms with Crippen LogP contribution in [0.1, 0.15) is 130 Å². The molecule has 7 fully saturated rings. The number of carboxylic acids is 2. The molecule has 39 atom stereocenters. The van der Waals surface area contributed by atoms with Gasteiger partial charge in [-0.3, -0.25) is 19.2 Å². The van der Waals surface area contributed by atoms with Crippen molar-refractivity contribution in [1.82, 2.24) is 21.3 Å². The number of unbranched alkanes of at least 4 members (excludes halogenated alkanes) is 12. The van der Waals surface area contributed by atoms with Crippen molar-refractivity contribution in [2.45, 2.75) is 369 Å². The van der Waals surface area contributed by atoms with E-state index < -0.39 is 333 Å². The average Bonchev–Trinajstić information content (AvgIpc) is 0.762. The summed E-state index contributed by atoms with van der Waals surface area (Å²) < 4.78 is 81.0. The van der Waals surface area contributed by atoms with Gasteiger partial charge in [0.15, 0.2) is 31.5 Å². The van der Waals surface area contributed by atoms with Gasteiger partial charge in [0.2, 0.25) is 35.7 Å². The van der Waals surface area contributed by atoms with Gasteiger partial charge in [0, 0.05) is 33.6 Å². The molecule has 121 heavy (non-hydrogen) atoms. The topological polar surface area (TPSA) is 771 Å². The Hall–Kier alpha value is -4.62. The van der Waals surface area contributed by atoms with Crippen LogP contribution in [0.5, 0.6) is 0 Å². The van der Waals surface area contributed by atoms with Crippen molar-refractivity contribution in [2.24, 2.45) is 0 Å². The zero-order valence-electron chi connectivity index (χ0n) is 67.2. The van der Waals surface area contributed by atoms with Crippen LogP contribution < -0.4 is 31.5 Å². The van der Waals surface area contributed by atoms with Crippen molar-refractivity contribution in [3.8, 4) is 0 Å². The molecule has 0 radical (unpaired) electrons. The third kappa shape index (κ3) is 26.1. The number of hydrogen-bond donors (Lipinski definition) is 26. The van der Waals surface area contributed by atoms with Gasteiger partial charge in [-0.15, -0.1) is 0 Å². The molecular weight excluding hydrogens is 1640 g/mol. The Kier molecular flexibility index (Phi) is 41.5. The summed E-state index contributed by atoms with van der Waals surface area (Å²) in [6.45, 7) is -4.24. The molecule has 7 saturated heterocycles. The van der Waals surface area contributed by atoms with E-state index in [0.717, 1.165) is 52.9 Å². The minimum atomic E-state index is -3.68. The standard InChI is InChI=1S/C73H126N4O44/c1-5-6-7-8-9-10-11-12-13-14-15-16-17-18-34(89)33(74-29-85)28-108-66-54(100)52(98)58(42(26-83)112-66)114-67-55(101)53(99)59(43(27-84)113-67)115-68-56(102)63(49(95)39(23-80)110-68)117-65-46(77-32(4)88)60(48(94)38(22-79)109-65)116-69-57(103)64(50(96)40(24-81)111-69)121-73(71(106)107)20-36(91)45(76-31(3)87)62(120-73)51(97)41(25-82)118-72(70(104)105)19-35(90)44(75-30(2)86)61(119-72)47(93)37(92)21-78/h29,33-69,78-84,89-103H,5-28H2,1-4H3,(H,74,85)(H,75,86)(H,76,87)(H,77,88)(H,104,105)(H,106,107)/p-2/t33-,34+,35-,36-,37+,38+,39+,40+,41+,42+,43+,44+,45+,46+,47+,48-,49-,50-,51+,52+,53+,54+,55+,56+,57+,58+,59-,60+,61+,62+,63-,64-,65-,66+,67-,68+,69-,72+,73-/m0/s1. The van der Waals surface area contributed by atoms with Crippen LogP contribution in [0.2, 0.25) is 0 Å². The first-order valence-electron chi connectivity index (χ1n) is 40.5. The van der Waals surface area contributed by atoms with Gasteiger partial charge >= 0.3 is 0 Å². The normalized spacial score (nSPS) is 40.0. The smallest absolute Gasteiger partial charge is 0.217 e. The van der Waals surface area contributed by atoms with E-state index in [2.05, 4.69) is 28.2 Å². The highest BCUT2D eigenvalue weighted by atomic mass is 16.8. The summed E-state index contributed by atoms with van der Waals surface area (Å²) in [6.07, 6.45) is -60.1. The first-order valence-corrected chi connectivity index (χ1v) is 40.5. The van der Waals surface area contributed by atoms with Crippen LogP contribution in [0.25, 0.3) is 0 Å². The molecule has 48 nitrogen and oxygen atoms in total. The molecule has 0 saturated carbocycles. The Balaban J connectivity index is 1.05. The predicted octanol–water partition coefficient (Wildman–Crippen LogP) is -15.1. The molecule has 0 unspecified atom stereocenters. The molecule has 0 aromatic heterocycles. The van der Waals surface area contributed by atoms with Crippen LogP contribution in [0.15, 0.2) is 0 Å². The van der Waals surface area contributed by atoms with Gasteiger partial charge in [-0.25, -0.2) is 0 Å². The van der Waals surface area contributed by atoms with Gasteiger partial charge in [-0.2, -0.15) is 0 Å². The fraction of sp³-hybridized carbons (Fsp3) is 0.918. The molecular formula is C73H124N4O44-2. The number of carboxylic acid groups (broad SMARTS) is 2. The number of nitrogens with one attached hydrogen (secondary N) is 4. The molecule has 702 valence electrons. The Labute approximate surface area is 694 Å². The van der Waals surface area contributed by atoms with E-state index in [1.165, 1.54) is 44.9 Å². The number of hydrogen-bond acceptors (Lipinski definition) is 44. The number of carbonyl (C=O) groups excluding carboxylic acids is 6. The molecule has 48 heteroatoms. The first-order chi connectivity index (χ1) is 57.4. The predicted molar refractivity (Wildman–Crippen MR) is 389 cm³/mol. The number of aliphatic carboxylic acids is 2. The van der Waals surface area contributed by atoms with Gasteiger partial charge < -0.3 is 220 Å². The Morgan fingerprint density at radius 2 is 0.810 bits per heavy atom. The van der Waals surface area contributed by atoms with Gasteiger partial charge in [0.1, 0.15) is 171 Å². The summed E-state index contributed by atoms with van der Waals surface area (Å²) in [5.41, 5.74) is 0. The van der Waals surface area contributed by atoms with Gasteiger partial charge in [0.25, 0.3) is 0 Å². The summed E-state index contributed by atoms with van der Waals surface area (Å²) in [5.74, 6) is -15.2. The number of amides is 4. The summed E-state index contributed by atoms with van der Waals surface area (Å²) in [4.78, 5) is 76.4. The summed E-state index contributed by atoms with van der Waals surface area (Å²) in [7, 11) is 0. The van der Waals surface area contributed by atoms with Gasteiger partial charge in [-0.05, 0) is 6.42 Å². The molecule has 7 aliphatic rings. The fourth-order valence-electron chi connectivity index (χ4n) is 15.8. The highest BCUT2D eigenvalue weighted by Crippen LogP contribution is 2.42. The second-order valence-electron chi connectivity index (χ2n) is 31.4. The molecule has 0 aromatic carbocycles. The minimum absolute atomic E-state index is 0.275. The van der Waals surface area contributed by atoms with Crippen LogP contribution in [0.3, 0.4) is 0 Å². The van der Waals surface area contributed by atoms with Gasteiger partial charge in [0.05, 0.1) is 89.3 Å². The van der Waals surface area contributed by atoms with Crippen molar-refractivity contribution in [3.05, 3.63) is 0 Å². The third-order valence-electron chi connectivity index (χ3n) is 22.5. The van der Waals surface area contributed by atoms with Crippen LogP contribution >= 0.6 is 0 Å². The third-order valence-corrected chi connectivity index (χ3v) is 22.5. The lowest BCUT2D eigenvalue weighted by molar-refractivity contribution is -0.415. The lowest BCUT2D eigenvalue weighted by Gasteiger charge is -2.53. The molecule has 0 aliphatic carbocycles. The largest absolute Gasteiger partial charge is 0.544 e. The van der Waals surface area contributed by atoms with Crippen molar-refractivity contribution in [2.75, 3.05) is 52.9 Å². The lowest BCUT2D eigenvalue weighted by Crippen LogP contribution is -2.73. The van der Waals surface area contributed by atoms with E-state index in [1.54, 1.807) is 0 Å². The van der Waals surface area contributed by atoms with Crippen molar-refractivity contribution in [1.29, 1.82) is 0 Å². The summed E-state index contributed by atoms with van der Waals surface area (Å²) in [6, 6.07) is -6.97. The SMILES string of the molecule is CCCCCCCCCCCCCCC[C@@H](O)[C@H](CO[C@@H]1O[C@H](CO)[C@@H](O[C@@H]2O[C@H](CO)[C@H](O[C@H]3O[C@H](CO)[C@H](O)[C@H](O[C@@H]4O[C@H](CO)[C@H](O)[C@H](O[C@@H]5O[C@H](CO)[C@H](O)[C@H](O[C@]6(C(=O)[O-])C[C@H](O)[C@@H](NC(C)=O)[C@H]([C@H](O)[C@@H](CO)O[C@]7(C(=O)[O-])C[C@H](O)[C@@H](NC(C)=O)[C@H]([C@H](O)[C@H](O)CO)O7)O6)[C@H]5O)[C@H]4NC(C)=O)[C@H]3O)[C@H](O)[C@H]2O)[C@H](O)[C@H]1O)NC=O. The fourth-order valence-corrected chi connectivity index (χ4v) is 15.8. The molecule has 26 N–H and O–H groups in total. The highest BCUT2D eigenvalue weighted by molar-refractivity contribution is 5.76. The number of carbonyl (C=O) groups is 6. The van der Waals surface area contributed by atoms with Crippen LogP contribution in [-0.4, -0.2) is 439 Å². The zero-order chi connectivity index (χ0) is 89.7. The van der Waals surface area contributed by atoms with Crippen molar-refractivity contribution in [3.63, 3.8) is 0 Å². The number of rotatable bonds is 48. The van der Waals surface area contributed by atoms with Crippen LogP contribution in [0.4, 0.5) is 0 Å². The number of ether oxygens (including phenoxy) is 14. The monoisotopic (exact) mass is 1760 g/mol. The molecule has 0 spiro atoms. The Morgan fingerprint density at radius 1 is 0.430 bits per heavy atom. The Bertz CT molecular complexity index is 3130. The molecule has 0 bridgehead atoms. The highest BCUT2D eigenvalue weighted by Gasteiger charge is 2.62. The summed E-state index contributed by atoms with van der Waals surface area (Å²) in [5, 5.41) is 282. The van der Waals surface area contributed by atoms with Gasteiger partial charge in [-0.1, -0.05) is 90.4 Å². The Morgan fingerprint density at radius 3 is 1.26 bits per heavy atom. The molecule has 7 aliphatic heterocycles. The van der Waals surface area contributed by atoms with Crippen LogP contribution in [-0.2, 0) is 95.1 Å². The van der Waals surface area contributed by atoms with E-state index in [9.17, 15) is 151 Å². The second-order valence-corrected chi connectivity index (χ2v) is 31.4. The second kappa shape index (κ2) is 48.5. The maximum atomic E-state index is 13.6. The molecule has 7 heterocycles. The molecule has 4 amide bonds. The van der Waals surface area contributed by atoms with Crippen molar-refractivity contribution < 1.29 is 218 Å². The van der Waals surface area contributed by atoms with E-state index in [4.69, 9.17) is 66.3 Å². The maximum absolute atomic E-state index is 13.6. The molecule has 7 rings (SSSR count). The average molecular weight is 1760 g/mol. The zero-order valence-corrected chi connectivity index (χ0v) is 67.2. The van der Waals surface area contributed by atoms with E-state index in [1.807, 2.05) is 0 Å². The van der Waals surface area contributed by atoms with E-state index in [0.29, 0.717) is 12.8 Å². The lowest BCUT2D eigenvalue weighted by atomic mass is 9.87. The van der Waals surface area contributed by atoms with E-state index >= 15 is 0 Å².